The lowest BCUT2D eigenvalue weighted by atomic mass is 10.1. The molecule has 0 fully saturated rings. The Morgan fingerprint density at radius 1 is 0.814 bits per heavy atom. The molecule has 0 unspecified atom stereocenters. The van der Waals surface area contributed by atoms with E-state index < -0.39 is 51.6 Å². The summed E-state index contributed by atoms with van der Waals surface area (Å²) >= 11 is 0. The maximum absolute atomic E-state index is 12.2. The van der Waals surface area contributed by atoms with E-state index in [0.717, 1.165) is 24.3 Å². The predicted octanol–water partition coefficient (Wildman–Crippen LogP) is 1.85. The van der Waals surface area contributed by atoms with Crippen LogP contribution in [0.5, 0.6) is 5.75 Å². The molecule has 19 nitrogen and oxygen atoms in total. The SMILES string of the molecule is Nc1nc(NCCS(=O)(=O)O)nc(Nc2ccc(/N=N/c3c(N)ccc4cc(S(=O)(=O)O)cc(O)c34)c(S(=O)(=O)O)c2)n1. The number of azo groups is 1. The second-order valence-corrected chi connectivity index (χ2v) is 12.9. The number of nitrogens with two attached hydrogens (primary N) is 2. The standard InChI is InChI=1S/C21H21N9O10S3/c22-13-3-1-10-7-12(42(35,36)37)9-15(31)17(10)18(13)30-29-14-4-2-11(8-16(14)43(38,39)40)25-21-27-19(23)26-20(28-21)24-5-6-41(32,33)34/h1-4,7-9,31H,5-6,22H2,(H,32,33,34)(H,35,36,37)(H,38,39,40)(H4,23,24,25,26,27,28)/b30-29+. The topological polar surface area (TPSA) is 323 Å². The number of nitrogen functional groups attached to an aromatic ring is 2. The largest absolute Gasteiger partial charge is 0.507 e. The predicted molar refractivity (Wildman–Crippen MR) is 153 cm³/mol. The van der Waals surface area contributed by atoms with Crippen molar-refractivity contribution in [2.24, 2.45) is 10.2 Å². The van der Waals surface area contributed by atoms with Crippen LogP contribution < -0.4 is 22.1 Å². The summed E-state index contributed by atoms with van der Waals surface area (Å²) < 4.78 is 97.2. The van der Waals surface area contributed by atoms with Gasteiger partial charge in [0, 0.05) is 18.3 Å². The van der Waals surface area contributed by atoms with Gasteiger partial charge in [-0.15, -0.1) is 10.2 Å². The summed E-state index contributed by atoms with van der Waals surface area (Å²) in [5.74, 6) is -1.94. The average Bonchev–Trinajstić information content (AvgIpc) is 2.86. The summed E-state index contributed by atoms with van der Waals surface area (Å²) in [6.07, 6.45) is 0. The third kappa shape index (κ3) is 7.76. The molecule has 4 rings (SSSR count). The molecule has 1 aromatic heterocycles. The number of nitrogens with zero attached hydrogens (tertiary/aromatic N) is 5. The molecule has 1 heterocycles. The Labute approximate surface area is 243 Å². The zero-order valence-electron chi connectivity index (χ0n) is 21.3. The Hall–Kier alpha value is -4.74. The summed E-state index contributed by atoms with van der Waals surface area (Å²) in [5.41, 5.74) is 11.0. The Kier molecular flexibility index (Phi) is 8.35. The first-order chi connectivity index (χ1) is 19.9. The minimum atomic E-state index is -4.92. The molecular weight excluding hydrogens is 634 g/mol. The third-order valence-electron chi connectivity index (χ3n) is 5.42. The van der Waals surface area contributed by atoms with Gasteiger partial charge in [-0.1, -0.05) is 6.07 Å². The highest BCUT2D eigenvalue weighted by Crippen LogP contribution is 2.41. The Bertz CT molecular complexity index is 2110. The molecule has 0 saturated heterocycles. The number of phenolic OH excluding ortho intramolecular Hbond substituents is 1. The van der Waals surface area contributed by atoms with Crippen LogP contribution in [-0.4, -0.2) is 71.3 Å². The van der Waals surface area contributed by atoms with E-state index in [4.69, 9.17) is 16.0 Å². The highest BCUT2D eigenvalue weighted by molar-refractivity contribution is 7.86. The summed E-state index contributed by atoms with van der Waals surface area (Å²) in [6.45, 7) is -0.269. The van der Waals surface area contributed by atoms with Gasteiger partial charge in [0.05, 0.1) is 21.7 Å². The van der Waals surface area contributed by atoms with Gasteiger partial charge in [0.2, 0.25) is 17.8 Å². The summed E-state index contributed by atoms with van der Waals surface area (Å²) in [4.78, 5) is 10.2. The fourth-order valence-corrected chi connectivity index (χ4v) is 5.15. The molecule has 4 aromatic rings. The van der Waals surface area contributed by atoms with Crippen LogP contribution in [-0.2, 0) is 30.4 Å². The van der Waals surface area contributed by atoms with E-state index in [0.29, 0.717) is 0 Å². The number of rotatable bonds is 10. The molecule has 0 aliphatic heterocycles. The van der Waals surface area contributed by atoms with E-state index in [9.17, 15) is 39.5 Å². The number of benzene rings is 3. The van der Waals surface area contributed by atoms with E-state index in [2.05, 4.69) is 35.8 Å². The highest BCUT2D eigenvalue weighted by atomic mass is 32.2. The van der Waals surface area contributed by atoms with Crippen LogP contribution in [0.4, 0.5) is 40.6 Å². The van der Waals surface area contributed by atoms with Gasteiger partial charge in [-0.05, 0) is 35.7 Å². The van der Waals surface area contributed by atoms with E-state index in [1.54, 1.807) is 0 Å². The van der Waals surface area contributed by atoms with Crippen LogP contribution in [0.15, 0.2) is 62.5 Å². The van der Waals surface area contributed by atoms with E-state index in [1.165, 1.54) is 18.2 Å². The molecule has 3 aromatic carbocycles. The molecule has 0 aliphatic rings. The van der Waals surface area contributed by atoms with Crippen LogP contribution in [0.2, 0.25) is 0 Å². The van der Waals surface area contributed by atoms with Gasteiger partial charge in [0.25, 0.3) is 30.4 Å². The van der Waals surface area contributed by atoms with Crippen molar-refractivity contribution in [3.63, 3.8) is 0 Å². The van der Waals surface area contributed by atoms with Gasteiger partial charge >= 0.3 is 0 Å². The van der Waals surface area contributed by atoms with Gasteiger partial charge < -0.3 is 27.2 Å². The second kappa shape index (κ2) is 11.5. The second-order valence-electron chi connectivity index (χ2n) is 8.56. The monoisotopic (exact) mass is 655 g/mol. The molecule has 0 bridgehead atoms. The van der Waals surface area contributed by atoms with Gasteiger partial charge in [-0.3, -0.25) is 13.7 Å². The minimum Gasteiger partial charge on any atom is -0.507 e. The van der Waals surface area contributed by atoms with Gasteiger partial charge in [0.1, 0.15) is 22.0 Å². The zero-order valence-corrected chi connectivity index (χ0v) is 23.8. The lowest BCUT2D eigenvalue weighted by Gasteiger charge is -2.11. The van der Waals surface area contributed by atoms with Crippen LogP contribution in [0.25, 0.3) is 10.8 Å². The van der Waals surface area contributed by atoms with E-state index >= 15 is 0 Å². The first-order valence-corrected chi connectivity index (χ1v) is 15.9. The van der Waals surface area contributed by atoms with Crippen molar-refractivity contribution in [2.75, 3.05) is 34.4 Å². The van der Waals surface area contributed by atoms with Crippen LogP contribution >= 0.6 is 0 Å². The van der Waals surface area contributed by atoms with Crippen molar-refractivity contribution in [3.05, 3.63) is 42.5 Å². The molecule has 10 N–H and O–H groups in total. The van der Waals surface area contributed by atoms with Crippen LogP contribution in [0, 0.1) is 0 Å². The van der Waals surface area contributed by atoms with Crippen molar-refractivity contribution in [3.8, 4) is 5.75 Å². The van der Waals surface area contributed by atoms with Crippen molar-refractivity contribution in [1.82, 2.24) is 15.0 Å². The molecule has 0 aliphatic carbocycles. The number of fused-ring (bicyclic) bond motifs is 1. The number of aromatic hydroxyl groups is 1. The fourth-order valence-electron chi connectivity index (χ4n) is 3.60. The normalized spacial score (nSPS) is 12.5. The van der Waals surface area contributed by atoms with E-state index in [1.807, 2.05) is 0 Å². The minimum absolute atomic E-state index is 0.0149. The lowest BCUT2D eigenvalue weighted by molar-refractivity contribution is 0.471. The number of hydrogen-bond donors (Lipinski definition) is 8. The first-order valence-electron chi connectivity index (χ1n) is 11.4. The molecular formula is C21H21N9O10S3. The molecule has 0 radical (unpaired) electrons. The Morgan fingerprint density at radius 3 is 2.16 bits per heavy atom. The Morgan fingerprint density at radius 2 is 1.51 bits per heavy atom. The van der Waals surface area contributed by atoms with Gasteiger partial charge in [-0.2, -0.15) is 40.2 Å². The molecule has 22 heteroatoms. The van der Waals surface area contributed by atoms with Crippen LogP contribution in [0.1, 0.15) is 0 Å². The maximum Gasteiger partial charge on any atom is 0.296 e. The summed E-state index contributed by atoms with van der Waals surface area (Å²) in [5, 5.41) is 23.4. The van der Waals surface area contributed by atoms with E-state index in [-0.39, 0.29) is 57.9 Å². The zero-order chi connectivity index (χ0) is 31.7. The third-order valence-corrected chi connectivity index (χ3v) is 7.85. The highest BCUT2D eigenvalue weighted by Gasteiger charge is 2.20. The lowest BCUT2D eigenvalue weighted by Crippen LogP contribution is -2.17. The first kappa shape index (κ1) is 31.2. The van der Waals surface area contributed by atoms with Crippen molar-refractivity contribution in [1.29, 1.82) is 0 Å². The van der Waals surface area contributed by atoms with Gasteiger partial charge in [-0.25, -0.2) is 0 Å². The number of anilines is 5. The summed E-state index contributed by atoms with van der Waals surface area (Å²) in [6, 6.07) is 7.88. The number of hydrogen-bond acceptors (Lipinski definition) is 16. The summed E-state index contributed by atoms with van der Waals surface area (Å²) in [7, 11) is -13.8. The van der Waals surface area contributed by atoms with Crippen LogP contribution in [0.3, 0.4) is 0 Å². The average molecular weight is 656 g/mol. The van der Waals surface area contributed by atoms with Gasteiger partial charge in [0.15, 0.2) is 0 Å². The molecule has 0 spiro atoms. The molecule has 228 valence electrons. The maximum atomic E-state index is 12.2. The van der Waals surface area contributed by atoms with Crippen molar-refractivity contribution >= 4 is 81.7 Å². The number of aromatic nitrogens is 3. The molecule has 43 heavy (non-hydrogen) atoms. The quantitative estimate of drug-likeness (QED) is 0.0686. The van der Waals surface area contributed by atoms with Crippen molar-refractivity contribution in [2.45, 2.75) is 9.79 Å². The fraction of sp³-hybridized carbons (Fsp3) is 0.0952. The van der Waals surface area contributed by atoms with Crippen molar-refractivity contribution < 1.29 is 44.0 Å². The number of nitrogens with one attached hydrogen (secondary N) is 2. The smallest absolute Gasteiger partial charge is 0.296 e. The Balaban J connectivity index is 1.69. The molecule has 0 amide bonds. The number of phenols is 1. The molecule has 0 saturated carbocycles. The molecule has 0 atom stereocenters.